The quantitative estimate of drug-likeness (QED) is 0.876. The Bertz CT molecular complexity index is 462. The average Bonchev–Trinajstić information content (AvgIpc) is 2.40. The fraction of sp³-hybridized carbons (Fsp3) is 0.562. The smallest absolute Gasteiger partial charge is 0.251 e. The summed E-state index contributed by atoms with van der Waals surface area (Å²) in [4.78, 5) is 12.3. The van der Waals surface area contributed by atoms with Crippen LogP contribution in [-0.4, -0.2) is 25.5 Å². The molecule has 1 saturated heterocycles. The van der Waals surface area contributed by atoms with Crippen molar-refractivity contribution in [3.8, 4) is 0 Å². The lowest BCUT2D eigenvalue weighted by atomic mass is 9.81. The highest BCUT2D eigenvalue weighted by atomic mass is 16.1. The zero-order chi connectivity index (χ0) is 13.9. The van der Waals surface area contributed by atoms with Crippen LogP contribution in [0.25, 0.3) is 0 Å². The van der Waals surface area contributed by atoms with Crippen LogP contribution in [0.2, 0.25) is 0 Å². The number of benzene rings is 1. The summed E-state index contributed by atoms with van der Waals surface area (Å²) < 4.78 is 0. The van der Waals surface area contributed by atoms with Crippen molar-refractivity contribution in [1.82, 2.24) is 10.6 Å². The van der Waals surface area contributed by atoms with Crippen molar-refractivity contribution in [1.29, 1.82) is 0 Å². The summed E-state index contributed by atoms with van der Waals surface area (Å²) in [6.45, 7) is 9.18. The van der Waals surface area contributed by atoms with Gasteiger partial charge in [-0.05, 0) is 62.4 Å². The third kappa shape index (κ3) is 3.35. The van der Waals surface area contributed by atoms with Crippen LogP contribution in [0.15, 0.2) is 18.2 Å². The van der Waals surface area contributed by atoms with E-state index >= 15 is 0 Å². The number of amides is 1. The molecule has 0 atom stereocenters. The lowest BCUT2D eigenvalue weighted by Gasteiger charge is -2.34. The first-order valence-electron chi connectivity index (χ1n) is 7.07. The van der Waals surface area contributed by atoms with Crippen molar-refractivity contribution in [2.45, 2.75) is 33.6 Å². The highest BCUT2D eigenvalue weighted by molar-refractivity contribution is 5.95. The van der Waals surface area contributed by atoms with Crippen LogP contribution in [0.5, 0.6) is 0 Å². The number of aryl methyl sites for hydroxylation is 1. The van der Waals surface area contributed by atoms with Gasteiger partial charge in [-0.25, -0.2) is 0 Å². The third-order valence-electron chi connectivity index (χ3n) is 4.34. The second kappa shape index (κ2) is 5.74. The molecule has 1 aromatic rings. The molecule has 19 heavy (non-hydrogen) atoms. The van der Waals surface area contributed by atoms with E-state index in [1.807, 2.05) is 32.0 Å². The minimum absolute atomic E-state index is 0.0564. The summed E-state index contributed by atoms with van der Waals surface area (Å²) in [7, 11) is 0. The van der Waals surface area contributed by atoms with Gasteiger partial charge in [-0.1, -0.05) is 19.1 Å². The van der Waals surface area contributed by atoms with Gasteiger partial charge in [-0.15, -0.1) is 0 Å². The highest BCUT2D eigenvalue weighted by Crippen LogP contribution is 2.26. The van der Waals surface area contributed by atoms with Crippen LogP contribution in [0.4, 0.5) is 0 Å². The zero-order valence-electron chi connectivity index (χ0n) is 12.2. The van der Waals surface area contributed by atoms with E-state index < -0.39 is 0 Å². The molecule has 0 spiro atoms. The average molecular weight is 260 g/mol. The molecule has 1 aromatic carbocycles. The Balaban J connectivity index is 1.99. The number of piperidine rings is 1. The van der Waals surface area contributed by atoms with Crippen LogP contribution >= 0.6 is 0 Å². The van der Waals surface area contributed by atoms with Crippen molar-refractivity contribution in [3.05, 3.63) is 34.9 Å². The monoisotopic (exact) mass is 260 g/mol. The minimum Gasteiger partial charge on any atom is -0.351 e. The molecule has 0 radical (unpaired) electrons. The van der Waals surface area contributed by atoms with Gasteiger partial charge in [0.2, 0.25) is 0 Å². The van der Waals surface area contributed by atoms with Gasteiger partial charge in [0.25, 0.3) is 5.91 Å². The molecule has 1 fully saturated rings. The molecule has 1 heterocycles. The predicted molar refractivity (Wildman–Crippen MR) is 78.5 cm³/mol. The van der Waals surface area contributed by atoms with Crippen LogP contribution in [0.3, 0.4) is 0 Å². The van der Waals surface area contributed by atoms with E-state index in [9.17, 15) is 4.79 Å². The fourth-order valence-corrected chi connectivity index (χ4v) is 2.59. The standard InChI is InChI=1S/C16H24N2O/c1-12-5-4-6-14(13(12)2)15(19)18-11-16(3)7-9-17-10-8-16/h4-6,17H,7-11H2,1-3H3,(H,18,19). The van der Waals surface area contributed by atoms with Gasteiger partial charge in [0.05, 0.1) is 0 Å². The molecule has 1 aliphatic rings. The van der Waals surface area contributed by atoms with Crippen LogP contribution in [0, 0.1) is 19.3 Å². The number of rotatable bonds is 3. The number of hydrogen-bond acceptors (Lipinski definition) is 2. The SMILES string of the molecule is Cc1cccc(C(=O)NCC2(C)CCNCC2)c1C. The summed E-state index contributed by atoms with van der Waals surface area (Å²) in [5.74, 6) is 0.0564. The highest BCUT2D eigenvalue weighted by Gasteiger charge is 2.27. The second-order valence-electron chi connectivity index (χ2n) is 5.99. The second-order valence-corrected chi connectivity index (χ2v) is 5.99. The van der Waals surface area contributed by atoms with E-state index in [-0.39, 0.29) is 11.3 Å². The number of carbonyl (C=O) groups is 1. The van der Waals surface area contributed by atoms with E-state index in [1.54, 1.807) is 0 Å². The topological polar surface area (TPSA) is 41.1 Å². The predicted octanol–water partition coefficient (Wildman–Crippen LogP) is 2.42. The van der Waals surface area contributed by atoms with E-state index in [2.05, 4.69) is 17.6 Å². The number of carbonyl (C=O) groups excluding carboxylic acids is 1. The summed E-state index contributed by atoms with van der Waals surface area (Å²) in [6, 6.07) is 5.89. The zero-order valence-corrected chi connectivity index (χ0v) is 12.2. The molecule has 1 amide bonds. The Morgan fingerprint density at radius 3 is 2.68 bits per heavy atom. The van der Waals surface area contributed by atoms with Gasteiger partial charge in [0.1, 0.15) is 0 Å². The number of hydrogen-bond donors (Lipinski definition) is 2. The first-order chi connectivity index (χ1) is 9.02. The Kier molecular flexibility index (Phi) is 4.25. The molecule has 1 aliphatic heterocycles. The Morgan fingerprint density at radius 1 is 1.32 bits per heavy atom. The molecule has 2 N–H and O–H groups in total. The van der Waals surface area contributed by atoms with Crippen molar-refractivity contribution in [3.63, 3.8) is 0 Å². The first-order valence-corrected chi connectivity index (χ1v) is 7.07. The van der Waals surface area contributed by atoms with Gasteiger partial charge in [0, 0.05) is 12.1 Å². The summed E-state index contributed by atoms with van der Waals surface area (Å²) in [5.41, 5.74) is 3.28. The molecule has 0 saturated carbocycles. The number of nitrogens with one attached hydrogen (secondary N) is 2. The van der Waals surface area contributed by atoms with Crippen molar-refractivity contribution in [2.75, 3.05) is 19.6 Å². The van der Waals surface area contributed by atoms with Crippen LogP contribution in [-0.2, 0) is 0 Å². The molecule has 0 aliphatic carbocycles. The van der Waals surface area contributed by atoms with Gasteiger partial charge >= 0.3 is 0 Å². The summed E-state index contributed by atoms with van der Waals surface area (Å²) >= 11 is 0. The van der Waals surface area contributed by atoms with Gasteiger partial charge in [-0.2, -0.15) is 0 Å². The molecule has 0 aromatic heterocycles. The maximum Gasteiger partial charge on any atom is 0.251 e. The first kappa shape index (κ1) is 14.1. The largest absolute Gasteiger partial charge is 0.351 e. The molecule has 3 nitrogen and oxygen atoms in total. The minimum atomic E-state index is 0.0564. The molecular weight excluding hydrogens is 236 g/mol. The van der Waals surface area contributed by atoms with Crippen LogP contribution in [0.1, 0.15) is 41.3 Å². The normalized spacial score (nSPS) is 18.1. The maximum atomic E-state index is 12.3. The van der Waals surface area contributed by atoms with Crippen molar-refractivity contribution in [2.24, 2.45) is 5.41 Å². The van der Waals surface area contributed by atoms with Gasteiger partial charge in [-0.3, -0.25) is 4.79 Å². The summed E-state index contributed by atoms with van der Waals surface area (Å²) in [5, 5.41) is 6.47. The van der Waals surface area contributed by atoms with Crippen molar-refractivity contribution >= 4 is 5.91 Å². The Hall–Kier alpha value is -1.35. The van der Waals surface area contributed by atoms with E-state index in [1.165, 1.54) is 5.56 Å². The fourth-order valence-electron chi connectivity index (χ4n) is 2.59. The molecule has 104 valence electrons. The lowest BCUT2D eigenvalue weighted by Crippen LogP contribution is -2.43. The van der Waals surface area contributed by atoms with Crippen LogP contribution < -0.4 is 10.6 Å². The third-order valence-corrected chi connectivity index (χ3v) is 4.34. The van der Waals surface area contributed by atoms with Crippen molar-refractivity contribution < 1.29 is 4.79 Å². The molecule has 2 rings (SSSR count). The molecular formula is C16H24N2O. The molecule has 0 bridgehead atoms. The van der Waals surface area contributed by atoms with Gasteiger partial charge < -0.3 is 10.6 Å². The van der Waals surface area contributed by atoms with Gasteiger partial charge in [0.15, 0.2) is 0 Å². The lowest BCUT2D eigenvalue weighted by molar-refractivity contribution is 0.0921. The Labute approximate surface area is 115 Å². The van der Waals surface area contributed by atoms with E-state index in [0.717, 1.165) is 43.6 Å². The van der Waals surface area contributed by atoms with E-state index in [0.29, 0.717) is 0 Å². The Morgan fingerprint density at radius 2 is 2.00 bits per heavy atom. The maximum absolute atomic E-state index is 12.3. The molecule has 0 unspecified atom stereocenters. The van der Waals surface area contributed by atoms with E-state index in [4.69, 9.17) is 0 Å². The molecule has 3 heteroatoms. The summed E-state index contributed by atoms with van der Waals surface area (Å²) in [6.07, 6.45) is 2.25.